The molecule has 1 saturated heterocycles. The number of carbonyl (C=O) groups excluding carboxylic acids is 2. The minimum atomic E-state index is -0.649. The highest BCUT2D eigenvalue weighted by molar-refractivity contribution is 6.05. The summed E-state index contributed by atoms with van der Waals surface area (Å²) < 4.78 is 25.3. The molecule has 0 unspecified atom stereocenters. The summed E-state index contributed by atoms with van der Waals surface area (Å²) in [4.78, 5) is 36.3. The fourth-order valence-electron chi connectivity index (χ4n) is 4.79. The van der Waals surface area contributed by atoms with Gasteiger partial charge in [0.15, 0.2) is 5.82 Å². The van der Waals surface area contributed by atoms with Crippen LogP contribution in [-0.2, 0) is 4.74 Å². The van der Waals surface area contributed by atoms with Crippen LogP contribution in [0.3, 0.4) is 0 Å². The maximum Gasteiger partial charge on any atom is 0.407 e. The summed E-state index contributed by atoms with van der Waals surface area (Å²) in [7, 11) is 1.41. The zero-order valence-corrected chi connectivity index (χ0v) is 24.4. The fraction of sp³-hybridized carbons (Fsp3) is 0.355. The molecule has 1 fully saturated rings. The summed E-state index contributed by atoms with van der Waals surface area (Å²) in [6.07, 6.45) is 1.31. The number of carbonyl (C=O) groups is 2. The van der Waals surface area contributed by atoms with E-state index in [1.54, 1.807) is 32.9 Å². The molecule has 2 atom stereocenters. The van der Waals surface area contributed by atoms with E-state index in [4.69, 9.17) is 9.47 Å². The molecule has 42 heavy (non-hydrogen) atoms. The Kier molecular flexibility index (Phi) is 9.11. The van der Waals surface area contributed by atoms with Crippen LogP contribution in [0.1, 0.15) is 50.2 Å². The predicted molar refractivity (Wildman–Crippen MR) is 159 cm³/mol. The van der Waals surface area contributed by atoms with Crippen molar-refractivity contribution in [1.82, 2.24) is 15.3 Å². The molecule has 10 nitrogen and oxygen atoms in total. The zero-order chi connectivity index (χ0) is 30.6. The van der Waals surface area contributed by atoms with E-state index in [1.807, 2.05) is 24.0 Å². The smallest absolute Gasteiger partial charge is 0.407 e. The van der Waals surface area contributed by atoms with Crippen LogP contribution in [0.15, 0.2) is 55.2 Å². The number of aliphatic hydroxyl groups is 1. The van der Waals surface area contributed by atoms with Crippen molar-refractivity contribution in [2.45, 2.75) is 51.8 Å². The Labute approximate surface area is 244 Å². The van der Waals surface area contributed by atoms with Crippen LogP contribution in [-0.4, -0.2) is 65.0 Å². The zero-order valence-electron chi connectivity index (χ0n) is 24.4. The van der Waals surface area contributed by atoms with Crippen LogP contribution in [0.4, 0.5) is 20.6 Å². The van der Waals surface area contributed by atoms with E-state index >= 15 is 0 Å². The summed E-state index contributed by atoms with van der Waals surface area (Å²) in [5, 5.41) is 16.0. The average Bonchev–Trinajstić information content (AvgIpc) is 3.34. The number of anilines is 2. The minimum absolute atomic E-state index is 0.00593. The summed E-state index contributed by atoms with van der Waals surface area (Å²) >= 11 is 0. The number of hydrogen-bond acceptors (Lipinski definition) is 8. The molecule has 1 aliphatic rings. The quantitative estimate of drug-likeness (QED) is 0.340. The number of alkyl carbamates (subject to hydrolysis) is 1. The van der Waals surface area contributed by atoms with Gasteiger partial charge in [-0.3, -0.25) is 4.79 Å². The van der Waals surface area contributed by atoms with Gasteiger partial charge in [-0.2, -0.15) is 0 Å². The second-order valence-electron chi connectivity index (χ2n) is 11.1. The van der Waals surface area contributed by atoms with Crippen LogP contribution in [0.25, 0.3) is 17.0 Å². The monoisotopic (exact) mass is 577 g/mol. The molecule has 0 bridgehead atoms. The topological polar surface area (TPSA) is 126 Å². The Morgan fingerprint density at radius 3 is 2.64 bits per heavy atom. The van der Waals surface area contributed by atoms with Crippen LogP contribution in [0, 0.1) is 5.82 Å². The van der Waals surface area contributed by atoms with E-state index in [-0.39, 0.29) is 41.5 Å². The van der Waals surface area contributed by atoms with Gasteiger partial charge in [0.1, 0.15) is 22.9 Å². The lowest BCUT2D eigenvalue weighted by Crippen LogP contribution is -2.40. The van der Waals surface area contributed by atoms with Gasteiger partial charge in [-0.05, 0) is 70.0 Å². The first kappa shape index (κ1) is 30.4. The number of aliphatic hydroxyl groups excluding tert-OH is 1. The molecule has 0 saturated carbocycles. The van der Waals surface area contributed by atoms with Gasteiger partial charge >= 0.3 is 6.09 Å². The minimum Gasteiger partial charge on any atom is -0.496 e. The van der Waals surface area contributed by atoms with Crippen molar-refractivity contribution < 1.29 is 28.6 Å². The summed E-state index contributed by atoms with van der Waals surface area (Å²) in [6.45, 7) is 11.5. The molecule has 0 radical (unpaired) electrons. The van der Waals surface area contributed by atoms with E-state index in [2.05, 4.69) is 27.2 Å². The molecule has 2 amide bonds. The van der Waals surface area contributed by atoms with Crippen molar-refractivity contribution in [3.05, 3.63) is 72.3 Å². The van der Waals surface area contributed by atoms with Crippen LogP contribution in [0.5, 0.6) is 5.75 Å². The highest BCUT2D eigenvalue weighted by Gasteiger charge is 2.35. The van der Waals surface area contributed by atoms with E-state index in [1.165, 1.54) is 31.5 Å². The molecule has 0 spiro atoms. The second-order valence-corrected chi connectivity index (χ2v) is 11.1. The lowest BCUT2D eigenvalue weighted by Gasteiger charge is -2.28. The number of methoxy groups -OCH3 is 1. The Bertz CT molecular complexity index is 1490. The van der Waals surface area contributed by atoms with Crippen molar-refractivity contribution in [2.24, 2.45) is 0 Å². The van der Waals surface area contributed by atoms with Gasteiger partial charge in [-0.25, -0.2) is 19.2 Å². The SMILES string of the molecule is C=C(C)c1ccc(NC(=O)c2ccnc(-c3c(F)cccc3OC)n2)c(N2C[C@@H](NC(=O)OC(C)(C)C)C[C@H]2CO)c1. The van der Waals surface area contributed by atoms with Gasteiger partial charge in [0.2, 0.25) is 0 Å². The second kappa shape index (κ2) is 12.6. The molecule has 1 aliphatic heterocycles. The lowest BCUT2D eigenvalue weighted by molar-refractivity contribution is 0.0507. The van der Waals surface area contributed by atoms with Crippen molar-refractivity contribution >= 4 is 28.9 Å². The molecule has 3 N–H and O–H groups in total. The van der Waals surface area contributed by atoms with Gasteiger partial charge < -0.3 is 30.1 Å². The molecule has 4 rings (SSSR count). The molecular formula is C31H36FN5O5. The van der Waals surface area contributed by atoms with E-state index in [0.717, 1.165) is 11.1 Å². The van der Waals surface area contributed by atoms with Crippen molar-refractivity contribution in [2.75, 3.05) is 30.5 Å². The first-order valence-corrected chi connectivity index (χ1v) is 13.5. The number of halogens is 1. The number of amides is 2. The highest BCUT2D eigenvalue weighted by atomic mass is 19.1. The molecule has 0 aliphatic carbocycles. The Morgan fingerprint density at radius 2 is 1.98 bits per heavy atom. The number of aromatic nitrogens is 2. The molecule has 1 aromatic heterocycles. The number of nitrogens with one attached hydrogen (secondary N) is 2. The Balaban J connectivity index is 1.63. The third-order valence-corrected chi connectivity index (χ3v) is 6.70. The molecule has 222 valence electrons. The molecular weight excluding hydrogens is 541 g/mol. The Hall–Kier alpha value is -4.51. The maximum absolute atomic E-state index is 14.7. The number of allylic oxidation sites excluding steroid dienone is 1. The number of rotatable bonds is 8. The highest BCUT2D eigenvalue weighted by Crippen LogP contribution is 2.35. The average molecular weight is 578 g/mol. The van der Waals surface area contributed by atoms with Crippen LogP contribution in [0.2, 0.25) is 0 Å². The first-order chi connectivity index (χ1) is 19.9. The fourth-order valence-corrected chi connectivity index (χ4v) is 4.79. The number of benzene rings is 2. The first-order valence-electron chi connectivity index (χ1n) is 13.5. The summed E-state index contributed by atoms with van der Waals surface area (Å²) in [5.41, 5.74) is 2.18. The third kappa shape index (κ3) is 7.03. The van der Waals surface area contributed by atoms with E-state index in [0.29, 0.717) is 24.3 Å². The van der Waals surface area contributed by atoms with Crippen LogP contribution >= 0.6 is 0 Å². The van der Waals surface area contributed by atoms with Crippen molar-refractivity contribution in [1.29, 1.82) is 0 Å². The third-order valence-electron chi connectivity index (χ3n) is 6.70. The van der Waals surface area contributed by atoms with Gasteiger partial charge in [0, 0.05) is 12.7 Å². The number of nitrogens with zero attached hydrogens (tertiary/aromatic N) is 3. The molecule has 2 heterocycles. The van der Waals surface area contributed by atoms with E-state index < -0.39 is 23.4 Å². The predicted octanol–water partition coefficient (Wildman–Crippen LogP) is 5.04. The normalized spacial score (nSPS) is 16.6. The summed E-state index contributed by atoms with van der Waals surface area (Å²) in [6, 6.07) is 10.6. The van der Waals surface area contributed by atoms with Crippen LogP contribution < -0.4 is 20.3 Å². The van der Waals surface area contributed by atoms with Crippen molar-refractivity contribution in [3.63, 3.8) is 0 Å². The molecule has 3 aromatic rings. The Morgan fingerprint density at radius 1 is 1.21 bits per heavy atom. The number of hydrogen-bond donors (Lipinski definition) is 3. The van der Waals surface area contributed by atoms with Crippen molar-refractivity contribution in [3.8, 4) is 17.1 Å². The largest absolute Gasteiger partial charge is 0.496 e. The maximum atomic E-state index is 14.7. The van der Waals surface area contributed by atoms with Gasteiger partial charge in [-0.15, -0.1) is 0 Å². The molecule has 11 heteroatoms. The van der Waals surface area contributed by atoms with E-state index in [9.17, 15) is 19.1 Å². The summed E-state index contributed by atoms with van der Waals surface area (Å²) in [5.74, 6) is -0.875. The standard InChI is InChI=1S/C31H36FN5O5/c1-18(2)19-10-11-23(25(14-19)37-16-20(15-21(37)17-38)34-30(40)42-31(3,4)5)36-29(39)24-12-13-33-28(35-24)27-22(32)8-7-9-26(27)41-6/h7-14,20-21,38H,1,15-17H2,2-6H3,(H,34,40)(H,36,39)/t20-,21-/m0/s1. The van der Waals surface area contributed by atoms with Gasteiger partial charge in [0.25, 0.3) is 5.91 Å². The number of ether oxygens (including phenoxy) is 2. The van der Waals surface area contributed by atoms with Gasteiger partial charge in [-0.1, -0.05) is 24.3 Å². The lowest BCUT2D eigenvalue weighted by atomic mass is 10.1. The molecule has 2 aromatic carbocycles. The van der Waals surface area contributed by atoms with Gasteiger partial charge in [0.05, 0.1) is 42.7 Å².